The van der Waals surface area contributed by atoms with Gasteiger partial charge in [-0.05, 0) is 43.5 Å². The monoisotopic (exact) mass is 385 g/mol. The number of carbonyl (C=O) groups excluding carboxylic acids is 1. The number of hydrogen-bond donors (Lipinski definition) is 0. The molecule has 1 aliphatic rings. The second-order valence-corrected chi connectivity index (χ2v) is 7.14. The number of ether oxygens (including phenoxy) is 2. The van der Waals surface area contributed by atoms with E-state index in [1.807, 2.05) is 12.1 Å². The molecule has 1 fully saturated rings. The molecule has 1 atom stereocenters. The second-order valence-electron chi connectivity index (χ2n) is 7.14. The van der Waals surface area contributed by atoms with E-state index in [-0.39, 0.29) is 24.4 Å². The van der Waals surface area contributed by atoms with E-state index in [0.717, 1.165) is 25.7 Å². The van der Waals surface area contributed by atoms with Gasteiger partial charge < -0.3 is 14.4 Å². The molecule has 28 heavy (non-hydrogen) atoms. The first-order chi connectivity index (χ1) is 13.7. The molecule has 0 radical (unpaired) electrons. The van der Waals surface area contributed by atoms with Crippen molar-refractivity contribution in [2.24, 2.45) is 0 Å². The van der Waals surface area contributed by atoms with Crippen LogP contribution >= 0.6 is 0 Å². The molecule has 0 aliphatic carbocycles. The highest BCUT2D eigenvalue weighted by Crippen LogP contribution is 2.20. The highest BCUT2D eigenvalue weighted by atomic mass is 19.1. The predicted octanol–water partition coefficient (Wildman–Crippen LogP) is 4.83. The van der Waals surface area contributed by atoms with Gasteiger partial charge in [0.05, 0.1) is 12.7 Å². The zero-order chi connectivity index (χ0) is 19.8. The number of nitrogens with zero attached hydrogens (tertiary/aromatic N) is 1. The van der Waals surface area contributed by atoms with E-state index < -0.39 is 0 Å². The third-order valence-electron chi connectivity index (χ3n) is 4.90. The Morgan fingerprint density at radius 1 is 1.25 bits per heavy atom. The van der Waals surface area contributed by atoms with E-state index in [0.29, 0.717) is 36.6 Å². The molecule has 0 aromatic heterocycles. The lowest BCUT2D eigenvalue weighted by atomic mass is 10.1. The molecule has 2 aromatic carbocycles. The average Bonchev–Trinajstić information content (AvgIpc) is 3.22. The van der Waals surface area contributed by atoms with Crippen molar-refractivity contribution in [3.05, 3.63) is 65.5 Å². The first-order valence-electron chi connectivity index (χ1n) is 10.0. The van der Waals surface area contributed by atoms with Crippen LogP contribution < -0.4 is 4.74 Å². The van der Waals surface area contributed by atoms with Gasteiger partial charge in [-0.25, -0.2) is 4.39 Å². The molecule has 3 rings (SSSR count). The topological polar surface area (TPSA) is 38.8 Å². The number of amides is 1. The minimum Gasteiger partial charge on any atom is -0.494 e. The smallest absolute Gasteiger partial charge is 0.254 e. The largest absolute Gasteiger partial charge is 0.494 e. The number of halogens is 1. The molecule has 0 bridgehead atoms. The molecular formula is C23H28FNO3. The van der Waals surface area contributed by atoms with Crippen LogP contribution in [-0.2, 0) is 11.3 Å². The average molecular weight is 385 g/mol. The van der Waals surface area contributed by atoms with Crippen LogP contribution in [0.5, 0.6) is 5.75 Å². The first kappa shape index (κ1) is 20.3. The van der Waals surface area contributed by atoms with Crippen molar-refractivity contribution >= 4 is 5.91 Å². The Morgan fingerprint density at radius 3 is 2.86 bits per heavy atom. The fourth-order valence-electron chi connectivity index (χ4n) is 3.32. The molecule has 150 valence electrons. The van der Waals surface area contributed by atoms with Gasteiger partial charge in [-0.3, -0.25) is 4.79 Å². The van der Waals surface area contributed by atoms with E-state index in [1.54, 1.807) is 35.2 Å². The zero-order valence-electron chi connectivity index (χ0n) is 16.4. The Morgan fingerprint density at radius 2 is 2.11 bits per heavy atom. The Balaban J connectivity index is 1.77. The maximum Gasteiger partial charge on any atom is 0.254 e. The number of hydrogen-bond acceptors (Lipinski definition) is 3. The zero-order valence-corrected chi connectivity index (χ0v) is 16.4. The second kappa shape index (κ2) is 10.2. The summed E-state index contributed by atoms with van der Waals surface area (Å²) in [4.78, 5) is 14.9. The van der Waals surface area contributed by atoms with Gasteiger partial charge in [-0.2, -0.15) is 0 Å². The molecule has 4 nitrogen and oxygen atoms in total. The van der Waals surface area contributed by atoms with E-state index in [1.165, 1.54) is 6.07 Å². The van der Waals surface area contributed by atoms with Crippen molar-refractivity contribution in [2.75, 3.05) is 19.8 Å². The summed E-state index contributed by atoms with van der Waals surface area (Å²) in [5, 5.41) is 0. The number of unbranched alkanes of at least 4 members (excludes halogenated alkanes) is 1. The van der Waals surface area contributed by atoms with Crippen LogP contribution in [0.2, 0.25) is 0 Å². The Labute approximate surface area is 166 Å². The Kier molecular flexibility index (Phi) is 7.43. The van der Waals surface area contributed by atoms with E-state index in [9.17, 15) is 9.18 Å². The van der Waals surface area contributed by atoms with Crippen molar-refractivity contribution in [3.8, 4) is 5.75 Å². The minimum absolute atomic E-state index is 0.000268. The van der Waals surface area contributed by atoms with Gasteiger partial charge in [-0.15, -0.1) is 0 Å². The molecule has 0 saturated carbocycles. The van der Waals surface area contributed by atoms with E-state index in [4.69, 9.17) is 9.47 Å². The molecule has 0 N–H and O–H groups in total. The highest BCUT2D eigenvalue weighted by Gasteiger charge is 2.24. The normalized spacial score (nSPS) is 16.1. The third-order valence-corrected chi connectivity index (χ3v) is 4.90. The molecule has 1 aliphatic heterocycles. The summed E-state index contributed by atoms with van der Waals surface area (Å²) >= 11 is 0. The molecule has 5 heteroatoms. The SMILES string of the molecule is CCCCOc1cccc(C(=O)N(Cc2ccccc2F)CC2CCCO2)c1. The van der Waals surface area contributed by atoms with Crippen molar-refractivity contribution in [2.45, 2.75) is 45.3 Å². The summed E-state index contributed by atoms with van der Waals surface area (Å²) in [6, 6.07) is 13.8. The van der Waals surface area contributed by atoms with Crippen molar-refractivity contribution in [3.63, 3.8) is 0 Å². The molecule has 1 amide bonds. The van der Waals surface area contributed by atoms with Gasteiger partial charge in [0, 0.05) is 30.8 Å². The van der Waals surface area contributed by atoms with Crippen LogP contribution in [0.15, 0.2) is 48.5 Å². The third kappa shape index (κ3) is 5.55. The van der Waals surface area contributed by atoms with Gasteiger partial charge in [0.1, 0.15) is 11.6 Å². The maximum absolute atomic E-state index is 14.2. The van der Waals surface area contributed by atoms with Crippen molar-refractivity contribution in [1.82, 2.24) is 4.90 Å². The Bertz CT molecular complexity index is 774. The standard InChI is InChI=1S/C23H28FNO3/c1-2-3-13-27-20-10-6-9-18(15-20)23(26)25(17-21-11-7-14-28-21)16-19-8-4-5-12-22(19)24/h4-6,8-10,12,15,21H,2-3,7,11,13-14,16-17H2,1H3. The van der Waals surface area contributed by atoms with Gasteiger partial charge in [-0.1, -0.05) is 37.6 Å². The van der Waals surface area contributed by atoms with Gasteiger partial charge >= 0.3 is 0 Å². The van der Waals surface area contributed by atoms with E-state index >= 15 is 0 Å². The molecule has 2 aromatic rings. The number of benzene rings is 2. The van der Waals surface area contributed by atoms with Gasteiger partial charge in [0.15, 0.2) is 0 Å². The summed E-state index contributed by atoms with van der Waals surface area (Å²) in [6.07, 6.45) is 3.93. The fourth-order valence-corrected chi connectivity index (χ4v) is 3.32. The van der Waals surface area contributed by atoms with Crippen LogP contribution in [0.4, 0.5) is 4.39 Å². The lowest BCUT2D eigenvalue weighted by Crippen LogP contribution is -2.37. The summed E-state index contributed by atoms with van der Waals surface area (Å²) in [7, 11) is 0. The number of carbonyl (C=O) groups is 1. The van der Waals surface area contributed by atoms with Crippen LogP contribution in [-0.4, -0.2) is 36.7 Å². The summed E-state index contributed by atoms with van der Waals surface area (Å²) in [5.41, 5.74) is 1.05. The first-order valence-corrected chi connectivity index (χ1v) is 10.0. The van der Waals surface area contributed by atoms with Gasteiger partial charge in [0.2, 0.25) is 0 Å². The maximum atomic E-state index is 14.2. The lowest BCUT2D eigenvalue weighted by Gasteiger charge is -2.26. The van der Waals surface area contributed by atoms with Crippen LogP contribution in [0.1, 0.15) is 48.5 Å². The highest BCUT2D eigenvalue weighted by molar-refractivity contribution is 5.94. The van der Waals surface area contributed by atoms with Crippen LogP contribution in [0.25, 0.3) is 0 Å². The predicted molar refractivity (Wildman–Crippen MR) is 107 cm³/mol. The molecule has 1 unspecified atom stereocenters. The molecule has 1 heterocycles. The Hall–Kier alpha value is -2.40. The summed E-state index contributed by atoms with van der Waals surface area (Å²) < 4.78 is 25.6. The fraction of sp³-hybridized carbons (Fsp3) is 0.435. The van der Waals surface area contributed by atoms with Crippen molar-refractivity contribution in [1.29, 1.82) is 0 Å². The summed E-state index contributed by atoms with van der Waals surface area (Å²) in [6.45, 7) is 4.12. The van der Waals surface area contributed by atoms with Crippen LogP contribution in [0.3, 0.4) is 0 Å². The van der Waals surface area contributed by atoms with Crippen molar-refractivity contribution < 1.29 is 18.7 Å². The molecule has 1 saturated heterocycles. The van der Waals surface area contributed by atoms with Gasteiger partial charge in [0.25, 0.3) is 5.91 Å². The summed E-state index contributed by atoms with van der Waals surface area (Å²) in [5.74, 6) is 0.242. The quantitative estimate of drug-likeness (QED) is 0.581. The molecule has 0 spiro atoms. The minimum atomic E-state index is -0.302. The molecular weight excluding hydrogens is 357 g/mol. The lowest BCUT2D eigenvalue weighted by molar-refractivity contribution is 0.0504. The van der Waals surface area contributed by atoms with Crippen LogP contribution in [0, 0.1) is 5.82 Å². The number of rotatable bonds is 9. The van der Waals surface area contributed by atoms with E-state index in [2.05, 4.69) is 6.92 Å².